The molecule has 0 aliphatic heterocycles. The Kier molecular flexibility index (Phi) is 6.30. The molecular weight excluding hydrogens is 344 g/mol. The van der Waals surface area contributed by atoms with Crippen LogP contribution in [0, 0.1) is 0 Å². The van der Waals surface area contributed by atoms with E-state index in [9.17, 15) is 9.59 Å². The van der Waals surface area contributed by atoms with Gasteiger partial charge in [-0.05, 0) is 25.0 Å². The third-order valence-electron chi connectivity index (χ3n) is 3.86. The summed E-state index contributed by atoms with van der Waals surface area (Å²) in [6.07, 6.45) is 4.98. The first-order valence-corrected chi connectivity index (χ1v) is 8.72. The van der Waals surface area contributed by atoms with Crippen LogP contribution in [0.4, 0.5) is 5.69 Å². The average Bonchev–Trinajstić information content (AvgIpc) is 3.19. The van der Waals surface area contributed by atoms with Gasteiger partial charge in [-0.3, -0.25) is 14.6 Å². The van der Waals surface area contributed by atoms with Crippen LogP contribution >= 0.6 is 0 Å². The van der Waals surface area contributed by atoms with Gasteiger partial charge in [0.1, 0.15) is 0 Å². The number of amides is 2. The second-order valence-electron chi connectivity index (χ2n) is 5.95. The minimum absolute atomic E-state index is 0.0710. The molecule has 2 heterocycles. The Morgan fingerprint density at radius 1 is 1.04 bits per heavy atom. The third-order valence-corrected chi connectivity index (χ3v) is 3.86. The maximum atomic E-state index is 12.1. The van der Waals surface area contributed by atoms with Gasteiger partial charge in [-0.15, -0.1) is 0 Å². The van der Waals surface area contributed by atoms with Crippen molar-refractivity contribution >= 4 is 17.5 Å². The molecule has 138 valence electrons. The summed E-state index contributed by atoms with van der Waals surface area (Å²) in [4.78, 5) is 27.9. The fourth-order valence-corrected chi connectivity index (χ4v) is 2.48. The average molecular weight is 364 g/mol. The summed E-state index contributed by atoms with van der Waals surface area (Å²) in [5.74, 6) is 0.187. The van der Waals surface area contributed by atoms with E-state index in [1.54, 1.807) is 30.6 Å². The second-order valence-corrected chi connectivity index (χ2v) is 5.95. The van der Waals surface area contributed by atoms with Crippen molar-refractivity contribution in [2.24, 2.45) is 0 Å². The minimum atomic E-state index is -0.291. The van der Waals surface area contributed by atoms with Gasteiger partial charge >= 0.3 is 0 Å². The SMILES string of the molecule is O=C(CCCCNC(=O)c1cc(-c2ccccc2)on1)Nc1cccnc1. The number of hydrogen-bond acceptors (Lipinski definition) is 5. The summed E-state index contributed by atoms with van der Waals surface area (Å²) in [6.45, 7) is 0.465. The molecule has 1 aromatic carbocycles. The van der Waals surface area contributed by atoms with Crippen LogP contribution in [-0.4, -0.2) is 28.5 Å². The number of hydrogen-bond donors (Lipinski definition) is 2. The molecule has 0 spiro atoms. The van der Waals surface area contributed by atoms with E-state index in [0.29, 0.717) is 37.3 Å². The first kappa shape index (κ1) is 18.3. The summed E-state index contributed by atoms with van der Waals surface area (Å²) >= 11 is 0. The van der Waals surface area contributed by atoms with Gasteiger partial charge < -0.3 is 15.2 Å². The van der Waals surface area contributed by atoms with Crippen LogP contribution in [0.5, 0.6) is 0 Å². The summed E-state index contributed by atoms with van der Waals surface area (Å²) in [5, 5.41) is 9.37. The lowest BCUT2D eigenvalue weighted by molar-refractivity contribution is -0.116. The van der Waals surface area contributed by atoms with Crippen molar-refractivity contribution in [3.05, 3.63) is 66.6 Å². The molecular formula is C20H20N4O3. The third kappa shape index (κ3) is 5.50. The zero-order valence-electron chi connectivity index (χ0n) is 14.7. The molecule has 2 N–H and O–H groups in total. The number of carbonyl (C=O) groups excluding carboxylic acids is 2. The van der Waals surface area contributed by atoms with Gasteiger partial charge in [0.05, 0.1) is 11.9 Å². The standard InChI is InChI=1S/C20H20N4O3/c25-19(23-16-9-6-11-21-14-16)10-4-5-12-22-20(26)17-13-18(27-24-17)15-7-2-1-3-8-15/h1-3,6-9,11,13-14H,4-5,10,12H2,(H,22,26)(H,23,25). The highest BCUT2D eigenvalue weighted by Gasteiger charge is 2.13. The monoisotopic (exact) mass is 364 g/mol. The number of aromatic nitrogens is 2. The van der Waals surface area contributed by atoms with Gasteiger partial charge in [0, 0.05) is 30.8 Å². The number of nitrogens with zero attached hydrogens (tertiary/aromatic N) is 2. The van der Waals surface area contributed by atoms with Crippen molar-refractivity contribution in [2.45, 2.75) is 19.3 Å². The molecule has 0 bridgehead atoms. The number of pyridine rings is 1. The van der Waals surface area contributed by atoms with Gasteiger partial charge in [-0.25, -0.2) is 0 Å². The van der Waals surface area contributed by atoms with Crippen molar-refractivity contribution in [1.82, 2.24) is 15.5 Å². The van der Waals surface area contributed by atoms with Gasteiger partial charge in [-0.2, -0.15) is 0 Å². The highest BCUT2D eigenvalue weighted by atomic mass is 16.5. The Hall–Kier alpha value is -3.48. The van der Waals surface area contributed by atoms with E-state index < -0.39 is 0 Å². The summed E-state index contributed by atoms with van der Waals surface area (Å²) < 4.78 is 5.22. The van der Waals surface area contributed by atoms with E-state index >= 15 is 0 Å². The predicted octanol–water partition coefficient (Wildman–Crippen LogP) is 3.28. The predicted molar refractivity (Wildman–Crippen MR) is 101 cm³/mol. The Labute approximate surface area is 156 Å². The Morgan fingerprint density at radius 3 is 2.67 bits per heavy atom. The zero-order chi connectivity index (χ0) is 18.9. The van der Waals surface area contributed by atoms with E-state index in [-0.39, 0.29) is 17.5 Å². The van der Waals surface area contributed by atoms with E-state index in [1.165, 1.54) is 0 Å². The molecule has 0 saturated heterocycles. The van der Waals surface area contributed by atoms with E-state index in [4.69, 9.17) is 4.52 Å². The van der Waals surface area contributed by atoms with E-state index in [1.807, 2.05) is 30.3 Å². The highest BCUT2D eigenvalue weighted by molar-refractivity contribution is 5.93. The van der Waals surface area contributed by atoms with Gasteiger partial charge in [0.25, 0.3) is 5.91 Å². The number of nitrogens with one attached hydrogen (secondary N) is 2. The van der Waals surface area contributed by atoms with Crippen LogP contribution in [0.15, 0.2) is 65.4 Å². The summed E-state index contributed by atoms with van der Waals surface area (Å²) in [6, 6.07) is 14.6. The zero-order valence-corrected chi connectivity index (χ0v) is 14.7. The number of rotatable bonds is 8. The Morgan fingerprint density at radius 2 is 1.89 bits per heavy atom. The molecule has 7 heteroatoms. The lowest BCUT2D eigenvalue weighted by Crippen LogP contribution is -2.25. The van der Waals surface area contributed by atoms with Gasteiger partial charge in [0.2, 0.25) is 5.91 Å². The molecule has 0 fully saturated rings. The normalized spacial score (nSPS) is 10.4. The molecule has 2 amide bonds. The Bertz CT molecular complexity index is 879. The minimum Gasteiger partial charge on any atom is -0.355 e. The molecule has 0 unspecified atom stereocenters. The first-order valence-electron chi connectivity index (χ1n) is 8.72. The second kappa shape index (κ2) is 9.28. The van der Waals surface area contributed by atoms with Crippen LogP contribution in [-0.2, 0) is 4.79 Å². The molecule has 0 atom stereocenters. The Balaban J connectivity index is 1.36. The topological polar surface area (TPSA) is 97.1 Å². The van der Waals surface area contributed by atoms with Gasteiger partial charge in [-0.1, -0.05) is 35.5 Å². The molecule has 0 saturated carbocycles. The summed E-state index contributed by atoms with van der Waals surface area (Å²) in [5.41, 5.74) is 1.78. The fourth-order valence-electron chi connectivity index (χ4n) is 2.48. The number of carbonyl (C=O) groups is 2. The lowest BCUT2D eigenvalue weighted by Gasteiger charge is -2.05. The van der Waals surface area contributed by atoms with Crippen molar-refractivity contribution in [3.63, 3.8) is 0 Å². The maximum Gasteiger partial charge on any atom is 0.273 e. The lowest BCUT2D eigenvalue weighted by atomic mass is 10.1. The molecule has 3 aromatic rings. The molecule has 0 aliphatic rings. The maximum absolute atomic E-state index is 12.1. The highest BCUT2D eigenvalue weighted by Crippen LogP contribution is 2.19. The number of anilines is 1. The van der Waals surface area contributed by atoms with Crippen LogP contribution in [0.1, 0.15) is 29.8 Å². The van der Waals surface area contributed by atoms with Crippen LogP contribution in [0.25, 0.3) is 11.3 Å². The molecule has 3 rings (SSSR count). The largest absolute Gasteiger partial charge is 0.355 e. The van der Waals surface area contributed by atoms with E-state index in [2.05, 4.69) is 20.8 Å². The molecule has 0 aliphatic carbocycles. The van der Waals surface area contributed by atoms with E-state index in [0.717, 1.165) is 5.56 Å². The quantitative estimate of drug-likeness (QED) is 0.598. The number of unbranched alkanes of at least 4 members (excludes halogenated alkanes) is 1. The van der Waals surface area contributed by atoms with Crippen LogP contribution in [0.3, 0.4) is 0 Å². The van der Waals surface area contributed by atoms with Crippen molar-refractivity contribution < 1.29 is 14.1 Å². The smallest absolute Gasteiger partial charge is 0.273 e. The molecule has 0 radical (unpaired) electrons. The fraction of sp³-hybridized carbons (Fsp3) is 0.200. The van der Waals surface area contributed by atoms with Crippen molar-refractivity contribution in [3.8, 4) is 11.3 Å². The van der Waals surface area contributed by atoms with Crippen LogP contribution < -0.4 is 10.6 Å². The van der Waals surface area contributed by atoms with Crippen molar-refractivity contribution in [2.75, 3.05) is 11.9 Å². The first-order chi connectivity index (χ1) is 13.2. The summed E-state index contributed by atoms with van der Waals surface area (Å²) in [7, 11) is 0. The molecule has 2 aromatic heterocycles. The van der Waals surface area contributed by atoms with Crippen molar-refractivity contribution in [1.29, 1.82) is 0 Å². The number of benzene rings is 1. The molecule has 27 heavy (non-hydrogen) atoms. The molecule has 7 nitrogen and oxygen atoms in total. The van der Waals surface area contributed by atoms with Gasteiger partial charge in [0.15, 0.2) is 11.5 Å². The van der Waals surface area contributed by atoms with Crippen LogP contribution in [0.2, 0.25) is 0 Å².